The fourth-order valence-electron chi connectivity index (χ4n) is 2.28. The van der Waals surface area contributed by atoms with Crippen molar-refractivity contribution in [2.75, 3.05) is 0 Å². The van der Waals surface area contributed by atoms with Gasteiger partial charge in [-0.1, -0.05) is 26.0 Å². The lowest BCUT2D eigenvalue weighted by Gasteiger charge is -2.15. The Hall–Kier alpha value is -1.83. The van der Waals surface area contributed by atoms with E-state index in [-0.39, 0.29) is 16.8 Å². The number of nitrogens with one attached hydrogen (secondary N) is 1. The number of amides is 1. The minimum Gasteiger partial charge on any atom is -0.346 e. The third kappa shape index (κ3) is 5.59. The van der Waals surface area contributed by atoms with Crippen molar-refractivity contribution in [3.63, 3.8) is 0 Å². The second-order valence-electron chi connectivity index (χ2n) is 6.00. The van der Waals surface area contributed by atoms with Gasteiger partial charge in [0.15, 0.2) is 0 Å². The van der Waals surface area contributed by atoms with Gasteiger partial charge in [-0.15, -0.1) is 11.8 Å². The maximum atomic E-state index is 12.4. The number of carbonyl (C=O) groups is 1. The van der Waals surface area contributed by atoms with Crippen LogP contribution in [0.4, 0.5) is 0 Å². The quantitative estimate of drug-likeness (QED) is 0.755. The molecule has 0 saturated carbocycles. The Morgan fingerprint density at radius 2 is 1.72 bits per heavy atom. The number of carbonyl (C=O) groups excluding carboxylic acids is 1. The van der Waals surface area contributed by atoms with Crippen molar-refractivity contribution in [1.29, 1.82) is 0 Å². The van der Waals surface area contributed by atoms with Gasteiger partial charge in [-0.05, 0) is 48.9 Å². The van der Waals surface area contributed by atoms with Crippen LogP contribution in [0.15, 0.2) is 58.3 Å². The standard InChI is InChI=1S/C18H22N2O3S2/c1-12(2)24-16-9-7-14(8-10-16)18(21)20-13(3)15-5-4-6-17(11-15)25(19,22)23/h4-13H,1-3H3,(H,20,21)(H2,19,22,23)/t13-/m0/s1. The normalized spacial score (nSPS) is 12.8. The minimum absolute atomic E-state index is 0.0289. The summed E-state index contributed by atoms with van der Waals surface area (Å²) in [4.78, 5) is 13.5. The van der Waals surface area contributed by atoms with Gasteiger partial charge in [0.25, 0.3) is 5.91 Å². The maximum absolute atomic E-state index is 12.4. The first-order valence-corrected chi connectivity index (χ1v) is 10.3. The van der Waals surface area contributed by atoms with Crippen molar-refractivity contribution in [3.05, 3.63) is 59.7 Å². The SMILES string of the molecule is CC(C)Sc1ccc(C(=O)N[C@@H](C)c2cccc(S(N)(=O)=O)c2)cc1. The molecule has 2 rings (SSSR count). The van der Waals surface area contributed by atoms with Gasteiger partial charge in [0, 0.05) is 15.7 Å². The van der Waals surface area contributed by atoms with E-state index >= 15 is 0 Å². The van der Waals surface area contributed by atoms with E-state index in [2.05, 4.69) is 19.2 Å². The average molecular weight is 379 g/mol. The van der Waals surface area contributed by atoms with Crippen molar-refractivity contribution in [3.8, 4) is 0 Å². The lowest BCUT2D eigenvalue weighted by Crippen LogP contribution is -2.26. The highest BCUT2D eigenvalue weighted by Crippen LogP contribution is 2.23. The van der Waals surface area contributed by atoms with Crippen molar-refractivity contribution in [1.82, 2.24) is 5.32 Å². The van der Waals surface area contributed by atoms with Crippen molar-refractivity contribution >= 4 is 27.7 Å². The molecule has 0 unspecified atom stereocenters. The highest BCUT2D eigenvalue weighted by atomic mass is 32.2. The van der Waals surface area contributed by atoms with Gasteiger partial charge in [-0.2, -0.15) is 0 Å². The molecule has 2 aromatic rings. The second-order valence-corrected chi connectivity index (χ2v) is 9.21. The molecule has 0 bridgehead atoms. The molecule has 0 aliphatic carbocycles. The molecule has 25 heavy (non-hydrogen) atoms. The summed E-state index contributed by atoms with van der Waals surface area (Å²) in [5.41, 5.74) is 1.23. The second kappa shape index (κ2) is 8.03. The zero-order valence-electron chi connectivity index (χ0n) is 14.4. The molecule has 0 aromatic heterocycles. The molecule has 1 atom stereocenters. The molecule has 2 aromatic carbocycles. The Morgan fingerprint density at radius 3 is 2.28 bits per heavy atom. The van der Waals surface area contributed by atoms with E-state index in [1.54, 1.807) is 43.0 Å². The third-order valence-corrected chi connectivity index (χ3v) is 5.45. The van der Waals surface area contributed by atoms with E-state index in [0.29, 0.717) is 16.4 Å². The molecular weight excluding hydrogens is 356 g/mol. The van der Waals surface area contributed by atoms with Crippen LogP contribution in [0.2, 0.25) is 0 Å². The van der Waals surface area contributed by atoms with E-state index in [9.17, 15) is 13.2 Å². The number of primary sulfonamides is 1. The zero-order valence-corrected chi connectivity index (χ0v) is 16.0. The predicted octanol–water partition coefficient (Wildman–Crippen LogP) is 3.33. The summed E-state index contributed by atoms with van der Waals surface area (Å²) in [5, 5.41) is 8.50. The Bertz CT molecular complexity index is 847. The lowest BCUT2D eigenvalue weighted by molar-refractivity contribution is 0.0940. The highest BCUT2D eigenvalue weighted by Gasteiger charge is 2.14. The smallest absolute Gasteiger partial charge is 0.251 e. The molecule has 0 fully saturated rings. The number of hydrogen-bond acceptors (Lipinski definition) is 4. The van der Waals surface area contributed by atoms with Gasteiger partial charge in [-0.25, -0.2) is 13.6 Å². The molecule has 1 amide bonds. The van der Waals surface area contributed by atoms with Crippen molar-refractivity contribution in [2.24, 2.45) is 5.14 Å². The number of rotatable bonds is 6. The van der Waals surface area contributed by atoms with Gasteiger partial charge in [0.05, 0.1) is 10.9 Å². The summed E-state index contributed by atoms with van der Waals surface area (Å²) in [6.45, 7) is 6.02. The number of benzene rings is 2. The minimum atomic E-state index is -3.77. The molecule has 134 valence electrons. The molecule has 0 saturated heterocycles. The summed E-state index contributed by atoms with van der Waals surface area (Å²) in [5.74, 6) is -0.213. The van der Waals surface area contributed by atoms with Crippen LogP contribution in [0.1, 0.15) is 42.7 Å². The number of hydrogen-bond donors (Lipinski definition) is 2. The van der Waals surface area contributed by atoms with Crippen LogP contribution in [-0.2, 0) is 10.0 Å². The number of sulfonamides is 1. The molecular formula is C18H22N2O3S2. The third-order valence-electron chi connectivity index (χ3n) is 3.52. The molecule has 7 heteroatoms. The summed E-state index contributed by atoms with van der Waals surface area (Å²) in [6, 6.07) is 13.3. The van der Waals surface area contributed by atoms with Crippen LogP contribution in [-0.4, -0.2) is 19.6 Å². The van der Waals surface area contributed by atoms with Crippen LogP contribution in [0.5, 0.6) is 0 Å². The van der Waals surface area contributed by atoms with Crippen LogP contribution in [0.25, 0.3) is 0 Å². The fraction of sp³-hybridized carbons (Fsp3) is 0.278. The summed E-state index contributed by atoms with van der Waals surface area (Å²) < 4.78 is 22.9. The first-order valence-electron chi connectivity index (χ1n) is 7.87. The van der Waals surface area contributed by atoms with Crippen LogP contribution < -0.4 is 10.5 Å². The van der Waals surface area contributed by atoms with E-state index in [1.165, 1.54) is 12.1 Å². The van der Waals surface area contributed by atoms with E-state index in [1.807, 2.05) is 12.1 Å². The van der Waals surface area contributed by atoms with E-state index in [4.69, 9.17) is 5.14 Å². The zero-order chi connectivity index (χ0) is 18.6. The van der Waals surface area contributed by atoms with Crippen LogP contribution in [0, 0.1) is 0 Å². The predicted molar refractivity (Wildman–Crippen MR) is 101 cm³/mol. The first-order chi connectivity index (χ1) is 11.7. The maximum Gasteiger partial charge on any atom is 0.251 e. The molecule has 0 aliphatic heterocycles. The lowest BCUT2D eigenvalue weighted by atomic mass is 10.1. The van der Waals surface area contributed by atoms with Crippen molar-refractivity contribution in [2.45, 2.75) is 41.9 Å². The Kier molecular flexibility index (Phi) is 6.26. The van der Waals surface area contributed by atoms with E-state index < -0.39 is 10.0 Å². The molecule has 0 radical (unpaired) electrons. The number of thioether (sulfide) groups is 1. The molecule has 3 N–H and O–H groups in total. The van der Waals surface area contributed by atoms with Crippen LogP contribution in [0.3, 0.4) is 0 Å². The largest absolute Gasteiger partial charge is 0.346 e. The summed E-state index contributed by atoms with van der Waals surface area (Å²) in [7, 11) is -3.77. The summed E-state index contributed by atoms with van der Waals surface area (Å²) >= 11 is 1.73. The fourth-order valence-corrected chi connectivity index (χ4v) is 3.69. The first kappa shape index (κ1) is 19.5. The van der Waals surface area contributed by atoms with Gasteiger partial charge < -0.3 is 5.32 Å². The van der Waals surface area contributed by atoms with E-state index in [0.717, 1.165) is 4.90 Å². The summed E-state index contributed by atoms with van der Waals surface area (Å²) in [6.07, 6.45) is 0. The number of nitrogens with two attached hydrogens (primary N) is 1. The molecule has 0 spiro atoms. The topological polar surface area (TPSA) is 89.3 Å². The average Bonchev–Trinajstić information content (AvgIpc) is 2.54. The molecule has 0 heterocycles. The van der Waals surface area contributed by atoms with Gasteiger partial charge in [0.1, 0.15) is 0 Å². The Labute approximate surface area is 153 Å². The Balaban J connectivity index is 2.10. The van der Waals surface area contributed by atoms with Gasteiger partial charge in [0.2, 0.25) is 10.0 Å². The monoisotopic (exact) mass is 378 g/mol. The van der Waals surface area contributed by atoms with Gasteiger partial charge in [-0.3, -0.25) is 4.79 Å². The van der Waals surface area contributed by atoms with Gasteiger partial charge >= 0.3 is 0 Å². The highest BCUT2D eigenvalue weighted by molar-refractivity contribution is 7.99. The van der Waals surface area contributed by atoms with Crippen molar-refractivity contribution < 1.29 is 13.2 Å². The van der Waals surface area contributed by atoms with Crippen LogP contribution >= 0.6 is 11.8 Å². The molecule has 0 aliphatic rings. The Morgan fingerprint density at radius 1 is 1.08 bits per heavy atom. The molecule has 5 nitrogen and oxygen atoms in total.